The Morgan fingerprint density at radius 3 is 2.51 bits per heavy atom. The van der Waals surface area contributed by atoms with E-state index in [1.807, 2.05) is 47.6 Å². The van der Waals surface area contributed by atoms with Crippen LogP contribution < -0.4 is 10.6 Å². The topological polar surface area (TPSA) is 86.0 Å². The molecule has 0 fully saturated rings. The number of aromatic nitrogens is 2. The third kappa shape index (κ3) is 9.09. The lowest BCUT2D eigenvalue weighted by Crippen LogP contribution is -2.53. The number of amides is 1. The van der Waals surface area contributed by atoms with Crippen molar-refractivity contribution in [1.29, 1.82) is 5.26 Å². The molecule has 222 valence electrons. The number of halogens is 4. The van der Waals surface area contributed by atoms with E-state index in [-0.39, 0.29) is 12.3 Å². The predicted octanol–water partition coefficient (Wildman–Crippen LogP) is 7.75. The lowest BCUT2D eigenvalue weighted by molar-refractivity contribution is -0.122. The molecular formula is C31H28Cl4N6OS. The fraction of sp³-hybridized carbons (Fsp3) is 0.226. The van der Waals surface area contributed by atoms with Gasteiger partial charge < -0.3 is 20.1 Å². The molecule has 4 aromatic rings. The number of nitrogens with zero attached hydrogens (tertiary/aromatic N) is 4. The van der Waals surface area contributed by atoms with E-state index in [2.05, 4.69) is 21.7 Å². The number of benzene rings is 3. The summed E-state index contributed by atoms with van der Waals surface area (Å²) < 4.78 is 1.91. The maximum atomic E-state index is 13.3. The zero-order valence-electron chi connectivity index (χ0n) is 23.4. The van der Waals surface area contributed by atoms with Gasteiger partial charge in [-0.1, -0.05) is 70.7 Å². The number of nitriles is 1. The second kappa shape index (κ2) is 14.4. The number of nitrogens with one attached hydrogen (secondary N) is 2. The van der Waals surface area contributed by atoms with Crippen LogP contribution >= 0.6 is 58.6 Å². The van der Waals surface area contributed by atoms with Crippen LogP contribution in [0.4, 0.5) is 5.69 Å². The molecule has 1 heterocycles. The molecule has 0 saturated heterocycles. The van der Waals surface area contributed by atoms with E-state index in [0.717, 1.165) is 16.8 Å². The summed E-state index contributed by atoms with van der Waals surface area (Å²) in [6.07, 6.45) is 3.50. The Hall–Kier alpha value is -3.32. The largest absolute Gasteiger partial charge is 0.349 e. The van der Waals surface area contributed by atoms with Crippen LogP contribution in [0.25, 0.3) is 0 Å². The van der Waals surface area contributed by atoms with E-state index in [0.29, 0.717) is 56.1 Å². The average molecular weight is 674 g/mol. The van der Waals surface area contributed by atoms with Gasteiger partial charge in [-0.15, -0.1) is 0 Å². The van der Waals surface area contributed by atoms with Gasteiger partial charge in [-0.05, 0) is 73.6 Å². The van der Waals surface area contributed by atoms with Crippen LogP contribution in [0.5, 0.6) is 0 Å². The van der Waals surface area contributed by atoms with E-state index in [4.69, 9.17) is 63.9 Å². The molecule has 0 saturated carbocycles. The van der Waals surface area contributed by atoms with Crippen LogP contribution in [0, 0.1) is 11.3 Å². The highest BCUT2D eigenvalue weighted by Crippen LogP contribution is 2.29. The van der Waals surface area contributed by atoms with Gasteiger partial charge in [0.2, 0.25) is 5.91 Å². The molecule has 0 aliphatic heterocycles. The maximum absolute atomic E-state index is 13.3. The van der Waals surface area contributed by atoms with Gasteiger partial charge in [-0.2, -0.15) is 5.26 Å². The molecular weight excluding hydrogens is 646 g/mol. The quantitative estimate of drug-likeness (QED) is 0.168. The fourth-order valence-electron chi connectivity index (χ4n) is 4.48. The maximum Gasteiger partial charge on any atom is 0.226 e. The van der Waals surface area contributed by atoms with Gasteiger partial charge in [0, 0.05) is 36.5 Å². The molecule has 0 spiro atoms. The zero-order chi connectivity index (χ0) is 31.1. The Kier molecular flexibility index (Phi) is 10.9. The van der Waals surface area contributed by atoms with Gasteiger partial charge in [-0.25, -0.2) is 4.98 Å². The normalized spacial score (nSPS) is 11.1. The van der Waals surface area contributed by atoms with Crippen molar-refractivity contribution in [3.63, 3.8) is 0 Å². The number of carbonyl (C=O) groups excluding carboxylic acids is 1. The molecule has 0 aliphatic carbocycles. The van der Waals surface area contributed by atoms with Crippen molar-refractivity contribution in [3.8, 4) is 6.07 Å². The molecule has 0 unspecified atom stereocenters. The minimum absolute atomic E-state index is 0.128. The summed E-state index contributed by atoms with van der Waals surface area (Å²) >= 11 is 31.1. The molecule has 0 radical (unpaired) electrons. The molecule has 1 amide bonds. The van der Waals surface area contributed by atoms with Crippen LogP contribution in [0.1, 0.15) is 36.2 Å². The first-order valence-electron chi connectivity index (χ1n) is 13.2. The van der Waals surface area contributed by atoms with E-state index in [1.54, 1.807) is 48.9 Å². The predicted molar refractivity (Wildman–Crippen MR) is 178 cm³/mol. The number of anilines is 1. The highest BCUT2D eigenvalue weighted by atomic mass is 35.5. The van der Waals surface area contributed by atoms with E-state index in [9.17, 15) is 4.79 Å². The number of hydrogen-bond donors (Lipinski definition) is 2. The monoisotopic (exact) mass is 672 g/mol. The molecule has 12 heteroatoms. The Morgan fingerprint density at radius 2 is 1.81 bits per heavy atom. The van der Waals surface area contributed by atoms with Crippen LogP contribution in [-0.4, -0.2) is 37.6 Å². The number of imidazole rings is 1. The third-order valence-electron chi connectivity index (χ3n) is 6.49. The SMILES string of the molecule is CC(C)(CN(Cc1cccc(Cl)c1Cl)C(=S)Nc1ccc(Cl)cc1Cl)NC(=O)Cc1cncn1Cc1ccc(C#N)cc1. The number of rotatable bonds is 10. The molecule has 0 atom stereocenters. The van der Waals surface area contributed by atoms with Crippen molar-refractivity contribution in [2.45, 2.75) is 38.9 Å². The van der Waals surface area contributed by atoms with Crippen molar-refractivity contribution >= 4 is 75.3 Å². The second-order valence-corrected chi connectivity index (χ2v) is 12.6. The molecule has 7 nitrogen and oxygen atoms in total. The molecule has 4 rings (SSSR count). The molecule has 2 N–H and O–H groups in total. The average Bonchev–Trinajstić information content (AvgIpc) is 3.38. The molecule has 1 aromatic heterocycles. The number of hydrogen-bond acceptors (Lipinski definition) is 4. The fourth-order valence-corrected chi connectivity index (χ4v) is 5.56. The Balaban J connectivity index is 1.47. The van der Waals surface area contributed by atoms with Crippen LogP contribution in [0.2, 0.25) is 20.1 Å². The van der Waals surface area contributed by atoms with Crippen LogP contribution in [0.3, 0.4) is 0 Å². The Labute approximate surface area is 276 Å². The van der Waals surface area contributed by atoms with E-state index < -0.39 is 5.54 Å². The van der Waals surface area contributed by atoms with E-state index >= 15 is 0 Å². The van der Waals surface area contributed by atoms with E-state index in [1.165, 1.54) is 0 Å². The minimum Gasteiger partial charge on any atom is -0.349 e. The first kappa shape index (κ1) is 32.6. The van der Waals surface area contributed by atoms with Crippen molar-refractivity contribution < 1.29 is 4.79 Å². The number of carbonyl (C=O) groups is 1. The lowest BCUT2D eigenvalue weighted by Gasteiger charge is -2.35. The van der Waals surface area contributed by atoms with Gasteiger partial charge in [-0.3, -0.25) is 4.79 Å². The molecule has 43 heavy (non-hydrogen) atoms. The standard InChI is InChI=1S/C31H28Cl4N6OS/c1-31(2,39-28(42)13-24-15-37-19-41(24)16-21-8-6-20(14-36)7-9-21)18-40(17-22-4-3-5-25(33)29(22)35)30(43)38-27-11-10-23(32)12-26(27)34/h3-12,15,19H,13,16-18H2,1-2H3,(H,38,43)(H,39,42). The Morgan fingerprint density at radius 1 is 1.07 bits per heavy atom. The van der Waals surface area contributed by atoms with Crippen molar-refractivity contribution in [1.82, 2.24) is 19.8 Å². The smallest absolute Gasteiger partial charge is 0.226 e. The summed E-state index contributed by atoms with van der Waals surface area (Å²) in [5.74, 6) is -0.174. The van der Waals surface area contributed by atoms with Crippen molar-refractivity contribution in [2.24, 2.45) is 0 Å². The first-order chi connectivity index (χ1) is 20.4. The summed E-state index contributed by atoms with van der Waals surface area (Å²) in [4.78, 5) is 19.4. The zero-order valence-corrected chi connectivity index (χ0v) is 27.2. The summed E-state index contributed by atoms with van der Waals surface area (Å²) in [7, 11) is 0. The van der Waals surface area contributed by atoms with Crippen molar-refractivity contribution in [2.75, 3.05) is 11.9 Å². The second-order valence-electron chi connectivity index (χ2n) is 10.6. The molecule has 3 aromatic carbocycles. The summed E-state index contributed by atoms with van der Waals surface area (Å²) in [5, 5.41) is 17.5. The van der Waals surface area contributed by atoms with Gasteiger partial charge in [0.1, 0.15) is 0 Å². The van der Waals surface area contributed by atoms with Gasteiger partial charge in [0.05, 0.1) is 50.7 Å². The molecule has 0 bridgehead atoms. The highest BCUT2D eigenvalue weighted by Gasteiger charge is 2.27. The van der Waals surface area contributed by atoms with Crippen LogP contribution in [-0.2, 0) is 24.3 Å². The van der Waals surface area contributed by atoms with Crippen molar-refractivity contribution in [3.05, 3.63) is 116 Å². The lowest BCUT2D eigenvalue weighted by atomic mass is 10.0. The number of thiocarbonyl (C=S) groups is 1. The highest BCUT2D eigenvalue weighted by molar-refractivity contribution is 7.80. The summed E-state index contributed by atoms with van der Waals surface area (Å²) in [6, 6.07) is 19.9. The van der Waals surface area contributed by atoms with Gasteiger partial charge in [0.25, 0.3) is 0 Å². The van der Waals surface area contributed by atoms with Crippen LogP contribution in [0.15, 0.2) is 73.2 Å². The van der Waals surface area contributed by atoms with Gasteiger partial charge in [0.15, 0.2) is 5.11 Å². The van der Waals surface area contributed by atoms with Gasteiger partial charge >= 0.3 is 0 Å². The molecule has 0 aliphatic rings. The first-order valence-corrected chi connectivity index (χ1v) is 15.1. The Bertz CT molecular complexity index is 1670. The third-order valence-corrected chi connectivity index (χ3v) is 8.26. The summed E-state index contributed by atoms with van der Waals surface area (Å²) in [6.45, 7) is 5.03. The summed E-state index contributed by atoms with van der Waals surface area (Å²) in [5.41, 5.74) is 3.00. The minimum atomic E-state index is -0.713.